The van der Waals surface area contributed by atoms with Gasteiger partial charge >= 0.3 is 0 Å². The number of fused-ring (bicyclic) bond motifs is 1. The zero-order valence-electron chi connectivity index (χ0n) is 18.6. The first kappa shape index (κ1) is 22.6. The summed E-state index contributed by atoms with van der Waals surface area (Å²) in [4.78, 5) is 21.1. The lowest BCUT2D eigenvalue weighted by Gasteiger charge is -2.28. The van der Waals surface area contributed by atoms with Crippen LogP contribution in [0.3, 0.4) is 0 Å². The van der Waals surface area contributed by atoms with Crippen molar-refractivity contribution in [2.45, 2.75) is 37.0 Å². The van der Waals surface area contributed by atoms with Crippen molar-refractivity contribution >= 4 is 17.4 Å². The first-order valence-electron chi connectivity index (χ1n) is 11.2. The highest BCUT2D eigenvalue weighted by molar-refractivity contribution is 5.96. The molecule has 2 fully saturated rings. The smallest absolute Gasteiger partial charge is 0.251 e. The minimum Gasteiger partial charge on any atom is -0.382 e. The van der Waals surface area contributed by atoms with Gasteiger partial charge in [0.05, 0.1) is 30.1 Å². The fraction of sp³-hybridized carbons (Fsp3) is 0.435. The van der Waals surface area contributed by atoms with Crippen molar-refractivity contribution in [3.05, 3.63) is 47.8 Å². The molecule has 1 saturated carbocycles. The van der Waals surface area contributed by atoms with Crippen molar-refractivity contribution < 1.29 is 22.7 Å². The summed E-state index contributed by atoms with van der Waals surface area (Å²) in [6.07, 6.45) is 3.82. The van der Waals surface area contributed by atoms with Gasteiger partial charge < -0.3 is 20.7 Å². The van der Waals surface area contributed by atoms with Gasteiger partial charge in [-0.3, -0.25) is 9.20 Å². The largest absolute Gasteiger partial charge is 0.382 e. The van der Waals surface area contributed by atoms with Crippen LogP contribution < -0.4 is 16.0 Å². The molecule has 34 heavy (non-hydrogen) atoms. The molecule has 1 aliphatic heterocycles. The minimum atomic E-state index is -1.17. The maximum absolute atomic E-state index is 14.7. The Bertz CT molecular complexity index is 1230. The second-order valence-corrected chi connectivity index (χ2v) is 8.86. The zero-order valence-corrected chi connectivity index (χ0v) is 18.6. The minimum absolute atomic E-state index is 0.134. The highest BCUT2D eigenvalue weighted by Crippen LogP contribution is 2.36. The van der Waals surface area contributed by atoms with E-state index in [1.807, 2.05) is 0 Å². The van der Waals surface area contributed by atoms with Gasteiger partial charge in [0.2, 0.25) is 0 Å². The fourth-order valence-corrected chi connectivity index (χ4v) is 4.23. The SMILES string of the molecule is COCC1(NC(=O)c2ccn3c(-c4nc(N[C@H]5CNCC[C@@H]5F)c(F)cc4F)cnc3c2)CC1. The Balaban J connectivity index is 1.42. The van der Waals surface area contributed by atoms with Gasteiger partial charge in [-0.1, -0.05) is 0 Å². The number of anilines is 1. The summed E-state index contributed by atoms with van der Waals surface area (Å²) in [6.45, 7) is 1.29. The number of methoxy groups -OCH3 is 1. The number of carbonyl (C=O) groups excluding carboxylic acids is 1. The lowest BCUT2D eigenvalue weighted by molar-refractivity contribution is 0.0882. The molecule has 1 saturated heterocycles. The molecule has 4 heterocycles. The Hall–Kier alpha value is -3.18. The number of amides is 1. The number of hydrogen-bond donors (Lipinski definition) is 3. The normalized spacial score (nSPS) is 21.4. The Morgan fingerprint density at radius 2 is 2.15 bits per heavy atom. The number of aromatic nitrogens is 3. The van der Waals surface area contributed by atoms with Gasteiger partial charge in [-0.25, -0.2) is 23.1 Å². The summed E-state index contributed by atoms with van der Waals surface area (Å²) >= 11 is 0. The lowest BCUT2D eigenvalue weighted by Crippen LogP contribution is -2.46. The molecule has 1 amide bonds. The maximum atomic E-state index is 14.7. The number of nitrogens with zero attached hydrogens (tertiary/aromatic N) is 3. The summed E-state index contributed by atoms with van der Waals surface area (Å²) in [7, 11) is 1.59. The van der Waals surface area contributed by atoms with Crippen LogP contribution in [0.25, 0.3) is 17.0 Å². The highest BCUT2D eigenvalue weighted by Gasteiger charge is 2.44. The van der Waals surface area contributed by atoms with Crippen molar-refractivity contribution in [1.82, 2.24) is 25.0 Å². The molecule has 0 aromatic carbocycles. The molecule has 0 bridgehead atoms. The number of ether oxygens (including phenoxy) is 1. The van der Waals surface area contributed by atoms with Crippen molar-refractivity contribution in [3.8, 4) is 11.4 Å². The van der Waals surface area contributed by atoms with Crippen LogP contribution in [-0.2, 0) is 4.74 Å². The van der Waals surface area contributed by atoms with E-state index >= 15 is 0 Å². The van der Waals surface area contributed by atoms with E-state index in [0.29, 0.717) is 37.3 Å². The predicted molar refractivity (Wildman–Crippen MR) is 119 cm³/mol. The Morgan fingerprint density at radius 1 is 1.32 bits per heavy atom. The number of rotatable bonds is 7. The number of hydrogen-bond acceptors (Lipinski definition) is 6. The summed E-state index contributed by atoms with van der Waals surface area (Å²) in [5.74, 6) is -2.26. The van der Waals surface area contributed by atoms with Crippen LogP contribution in [0.15, 0.2) is 30.6 Å². The van der Waals surface area contributed by atoms with Gasteiger partial charge in [-0.2, -0.15) is 0 Å². The quantitative estimate of drug-likeness (QED) is 0.488. The van der Waals surface area contributed by atoms with Gasteiger partial charge in [-0.05, 0) is 37.9 Å². The third-order valence-electron chi connectivity index (χ3n) is 6.32. The highest BCUT2D eigenvalue weighted by atomic mass is 19.1. The summed E-state index contributed by atoms with van der Waals surface area (Å²) < 4.78 is 50.1. The molecule has 2 aliphatic rings. The van der Waals surface area contributed by atoms with Gasteiger partial charge in [0.1, 0.15) is 17.5 Å². The topological polar surface area (TPSA) is 92.6 Å². The summed E-state index contributed by atoms with van der Waals surface area (Å²) in [6, 6.07) is 3.23. The molecule has 0 spiro atoms. The summed E-state index contributed by atoms with van der Waals surface area (Å²) in [5, 5.41) is 8.79. The first-order valence-corrected chi connectivity index (χ1v) is 11.2. The monoisotopic (exact) mass is 474 g/mol. The van der Waals surface area contributed by atoms with E-state index < -0.39 is 23.8 Å². The first-order chi connectivity index (χ1) is 16.4. The third kappa shape index (κ3) is 4.32. The molecule has 3 N–H and O–H groups in total. The van der Waals surface area contributed by atoms with Crippen molar-refractivity contribution in [1.29, 1.82) is 0 Å². The molecule has 1 aliphatic carbocycles. The van der Waals surface area contributed by atoms with Crippen LogP contribution in [0.2, 0.25) is 0 Å². The van der Waals surface area contributed by atoms with E-state index in [0.717, 1.165) is 18.9 Å². The van der Waals surface area contributed by atoms with E-state index in [1.54, 1.807) is 29.8 Å². The van der Waals surface area contributed by atoms with Crippen molar-refractivity contribution in [2.24, 2.45) is 0 Å². The number of imidazole rings is 1. The van der Waals surface area contributed by atoms with E-state index in [9.17, 15) is 18.0 Å². The average molecular weight is 474 g/mol. The van der Waals surface area contributed by atoms with E-state index in [4.69, 9.17) is 4.74 Å². The second-order valence-electron chi connectivity index (χ2n) is 8.86. The number of carbonyl (C=O) groups is 1. The Labute approximate surface area is 193 Å². The molecule has 11 heteroatoms. The van der Waals surface area contributed by atoms with Gasteiger partial charge in [0.15, 0.2) is 17.5 Å². The van der Waals surface area contributed by atoms with Crippen LogP contribution in [-0.4, -0.2) is 64.8 Å². The molecule has 3 aromatic heterocycles. The number of pyridine rings is 2. The zero-order chi connectivity index (χ0) is 23.9. The number of alkyl halides is 1. The molecular formula is C23H25F3N6O2. The Kier molecular flexibility index (Phi) is 5.90. The molecular weight excluding hydrogens is 449 g/mol. The van der Waals surface area contributed by atoms with E-state index in [1.165, 1.54) is 6.20 Å². The molecule has 0 radical (unpaired) electrons. The molecule has 3 aromatic rings. The standard InChI is InChI=1S/C23H25F3N6O2/c1-34-12-23(4-5-23)31-22(33)13-3-7-32-18(11-28-19(32)8-13)20-15(25)9-16(26)21(30-20)29-17-10-27-6-2-14(17)24/h3,7-9,11,14,17,27H,2,4-6,10,12H2,1H3,(H,29,30)(H,31,33)/t14-,17-/m0/s1. The average Bonchev–Trinajstić information content (AvgIpc) is 3.43. The van der Waals surface area contributed by atoms with E-state index in [-0.39, 0.29) is 28.7 Å². The maximum Gasteiger partial charge on any atom is 0.251 e. The molecule has 0 unspecified atom stereocenters. The van der Waals surface area contributed by atoms with Crippen LogP contribution in [0.1, 0.15) is 29.6 Å². The molecule has 2 atom stereocenters. The Morgan fingerprint density at radius 3 is 2.88 bits per heavy atom. The van der Waals surface area contributed by atoms with E-state index in [2.05, 4.69) is 25.9 Å². The van der Waals surface area contributed by atoms with Gasteiger partial charge in [0.25, 0.3) is 5.91 Å². The fourth-order valence-electron chi connectivity index (χ4n) is 4.23. The molecule has 5 rings (SSSR count). The van der Waals surface area contributed by atoms with Gasteiger partial charge in [0, 0.05) is 31.5 Å². The van der Waals surface area contributed by atoms with Crippen LogP contribution in [0.5, 0.6) is 0 Å². The van der Waals surface area contributed by atoms with Crippen LogP contribution >= 0.6 is 0 Å². The number of nitrogens with one attached hydrogen (secondary N) is 3. The molecule has 180 valence electrons. The lowest BCUT2D eigenvalue weighted by atomic mass is 10.1. The predicted octanol–water partition coefficient (Wildman–Crippen LogP) is 2.70. The van der Waals surface area contributed by atoms with Crippen LogP contribution in [0, 0.1) is 11.6 Å². The number of piperidine rings is 1. The van der Waals surface area contributed by atoms with Gasteiger partial charge in [-0.15, -0.1) is 0 Å². The second kappa shape index (κ2) is 8.88. The third-order valence-corrected chi connectivity index (χ3v) is 6.32. The number of halogens is 3. The van der Waals surface area contributed by atoms with Crippen LogP contribution in [0.4, 0.5) is 19.0 Å². The molecule has 8 nitrogen and oxygen atoms in total. The van der Waals surface area contributed by atoms with Crippen molar-refractivity contribution in [3.63, 3.8) is 0 Å². The van der Waals surface area contributed by atoms with Crippen molar-refractivity contribution in [2.75, 3.05) is 32.1 Å². The summed E-state index contributed by atoms with van der Waals surface area (Å²) in [5.41, 5.74) is 0.625.